The number of carbonyl (C=O) groups excluding carboxylic acids is 2. The van der Waals surface area contributed by atoms with Gasteiger partial charge in [-0.2, -0.15) is 0 Å². The predicted octanol–water partition coefficient (Wildman–Crippen LogP) is 3.45. The molecule has 24 heavy (non-hydrogen) atoms. The summed E-state index contributed by atoms with van der Waals surface area (Å²) in [4.78, 5) is 26.6. The second-order valence-corrected chi connectivity index (χ2v) is 10.8. The molecule has 0 aromatic rings. The number of thioether (sulfide) groups is 2. The lowest BCUT2D eigenvalue weighted by Gasteiger charge is -2.57. The first-order valence-electron chi connectivity index (χ1n) is 9.10. The maximum atomic E-state index is 13.4. The van der Waals surface area contributed by atoms with Gasteiger partial charge in [0.25, 0.3) is 0 Å². The summed E-state index contributed by atoms with van der Waals surface area (Å²) in [5.41, 5.74) is -0.254. The summed E-state index contributed by atoms with van der Waals surface area (Å²) >= 11 is 3.87. The summed E-state index contributed by atoms with van der Waals surface area (Å²) < 4.78 is 0.292. The van der Waals surface area contributed by atoms with Gasteiger partial charge in [0.05, 0.1) is 16.1 Å². The minimum atomic E-state index is -0.665. The fourth-order valence-corrected chi connectivity index (χ4v) is 9.55. The first-order chi connectivity index (χ1) is 11.4. The second kappa shape index (κ2) is 5.88. The average Bonchev–Trinajstić information content (AvgIpc) is 3.04. The van der Waals surface area contributed by atoms with Crippen LogP contribution in [0.4, 0.5) is 0 Å². The summed E-state index contributed by atoms with van der Waals surface area (Å²) in [5.74, 6) is 2.58. The quantitative estimate of drug-likeness (QED) is 0.770. The van der Waals surface area contributed by atoms with Gasteiger partial charge in [-0.05, 0) is 55.3 Å². The largest absolute Gasteiger partial charge is 0.389 e. The topological polar surface area (TPSA) is 54.4 Å². The Morgan fingerprint density at radius 1 is 1.21 bits per heavy atom. The van der Waals surface area contributed by atoms with Crippen LogP contribution in [0.25, 0.3) is 0 Å². The van der Waals surface area contributed by atoms with Crippen molar-refractivity contribution in [3.05, 3.63) is 11.6 Å². The molecule has 1 saturated heterocycles. The third-order valence-electron chi connectivity index (χ3n) is 7.05. The molecule has 0 amide bonds. The van der Waals surface area contributed by atoms with E-state index < -0.39 is 11.5 Å². The fraction of sp³-hybridized carbons (Fsp3) is 0.789. The van der Waals surface area contributed by atoms with Crippen LogP contribution in [0.3, 0.4) is 0 Å². The molecule has 5 heteroatoms. The van der Waals surface area contributed by atoms with Gasteiger partial charge in [-0.15, -0.1) is 23.5 Å². The number of ketones is 2. The molecule has 5 atom stereocenters. The minimum absolute atomic E-state index is 0.0881. The molecule has 2 saturated carbocycles. The zero-order valence-corrected chi connectivity index (χ0v) is 16.0. The Morgan fingerprint density at radius 2 is 1.92 bits per heavy atom. The molecule has 0 aromatic carbocycles. The minimum Gasteiger partial charge on any atom is -0.389 e. The lowest BCUT2D eigenvalue weighted by molar-refractivity contribution is -0.159. The Labute approximate surface area is 152 Å². The maximum absolute atomic E-state index is 13.4. The predicted molar refractivity (Wildman–Crippen MR) is 99.1 cm³/mol. The molecule has 132 valence electrons. The summed E-state index contributed by atoms with van der Waals surface area (Å²) in [6.07, 6.45) is 5.48. The summed E-state index contributed by atoms with van der Waals surface area (Å²) in [6.45, 7) is 3.87. The van der Waals surface area contributed by atoms with Gasteiger partial charge >= 0.3 is 0 Å². The molecule has 0 unspecified atom stereocenters. The van der Waals surface area contributed by atoms with E-state index in [9.17, 15) is 14.7 Å². The van der Waals surface area contributed by atoms with Gasteiger partial charge in [0.1, 0.15) is 5.78 Å². The summed E-state index contributed by atoms with van der Waals surface area (Å²) in [7, 11) is 0. The van der Waals surface area contributed by atoms with Crippen molar-refractivity contribution in [3.63, 3.8) is 0 Å². The SMILES string of the molecule is CC1=C[C@@H](O)[C@H]2CC(=O)[C@@]3(C4SCCCS4)CCC[C@H]3[C@@]2(C)C1=O. The summed E-state index contributed by atoms with van der Waals surface area (Å²) in [6, 6.07) is 0. The number of hydrogen-bond acceptors (Lipinski definition) is 5. The number of fused-ring (bicyclic) bond motifs is 3. The molecule has 4 aliphatic rings. The number of hydrogen-bond donors (Lipinski definition) is 1. The van der Waals surface area contributed by atoms with Crippen molar-refractivity contribution in [1.29, 1.82) is 0 Å². The van der Waals surface area contributed by atoms with Gasteiger partial charge in [0, 0.05) is 17.8 Å². The van der Waals surface area contributed by atoms with Crippen LogP contribution in [0.15, 0.2) is 11.6 Å². The number of rotatable bonds is 1. The monoisotopic (exact) mass is 366 g/mol. The lowest BCUT2D eigenvalue weighted by atomic mass is 9.48. The van der Waals surface area contributed by atoms with Crippen LogP contribution in [-0.4, -0.2) is 38.9 Å². The van der Waals surface area contributed by atoms with E-state index >= 15 is 0 Å². The lowest BCUT2D eigenvalue weighted by Crippen LogP contribution is -2.62. The number of aliphatic hydroxyl groups excluding tert-OH is 1. The van der Waals surface area contributed by atoms with Crippen molar-refractivity contribution in [2.24, 2.45) is 22.7 Å². The van der Waals surface area contributed by atoms with Crippen molar-refractivity contribution in [2.75, 3.05) is 11.5 Å². The van der Waals surface area contributed by atoms with E-state index in [-0.39, 0.29) is 23.0 Å². The zero-order chi connectivity index (χ0) is 17.1. The van der Waals surface area contributed by atoms with Crippen LogP contribution < -0.4 is 0 Å². The van der Waals surface area contributed by atoms with Gasteiger partial charge < -0.3 is 5.11 Å². The molecule has 3 aliphatic carbocycles. The molecule has 1 aliphatic heterocycles. The molecule has 1 heterocycles. The van der Waals surface area contributed by atoms with Crippen molar-refractivity contribution in [2.45, 2.75) is 56.6 Å². The smallest absolute Gasteiger partial charge is 0.164 e. The molecule has 4 rings (SSSR count). The highest BCUT2D eigenvalue weighted by Crippen LogP contribution is 2.67. The van der Waals surface area contributed by atoms with E-state index in [2.05, 4.69) is 6.92 Å². The van der Waals surface area contributed by atoms with E-state index in [1.54, 1.807) is 6.08 Å². The maximum Gasteiger partial charge on any atom is 0.164 e. The van der Waals surface area contributed by atoms with Crippen LogP contribution in [0, 0.1) is 22.7 Å². The van der Waals surface area contributed by atoms with E-state index in [4.69, 9.17) is 0 Å². The molecule has 0 bridgehead atoms. The standard InChI is InChI=1S/C19H26O3S2/c1-11-9-13(20)12-10-15(21)19(17-23-7-4-8-24-17)6-3-5-14(19)18(12,2)16(11)22/h9,12-14,17,20H,3-8,10H2,1-2H3/t12-,13-,14+,18+,19-/m1/s1. The van der Waals surface area contributed by atoms with Crippen LogP contribution in [-0.2, 0) is 9.59 Å². The van der Waals surface area contributed by atoms with Crippen LogP contribution in [0.1, 0.15) is 46.0 Å². The van der Waals surface area contributed by atoms with Crippen molar-refractivity contribution in [1.82, 2.24) is 0 Å². The third-order valence-corrected chi connectivity index (χ3v) is 10.4. The van der Waals surface area contributed by atoms with Gasteiger partial charge in [-0.1, -0.05) is 13.3 Å². The fourth-order valence-electron chi connectivity index (χ4n) is 5.93. The van der Waals surface area contributed by atoms with Crippen molar-refractivity contribution in [3.8, 4) is 0 Å². The van der Waals surface area contributed by atoms with Gasteiger partial charge in [-0.3, -0.25) is 9.59 Å². The molecule has 0 aromatic heterocycles. The van der Waals surface area contributed by atoms with Crippen LogP contribution >= 0.6 is 23.5 Å². The second-order valence-electron chi connectivity index (χ2n) is 8.10. The molecular weight excluding hydrogens is 340 g/mol. The highest BCUT2D eigenvalue weighted by molar-refractivity contribution is 8.17. The third kappa shape index (κ3) is 2.10. The van der Waals surface area contributed by atoms with Gasteiger partial charge in [0.2, 0.25) is 0 Å². The molecule has 3 nitrogen and oxygen atoms in total. The number of aliphatic hydroxyl groups is 1. The molecule has 1 N–H and O–H groups in total. The first-order valence-corrected chi connectivity index (χ1v) is 11.2. The van der Waals surface area contributed by atoms with E-state index in [0.29, 0.717) is 22.4 Å². The van der Waals surface area contributed by atoms with E-state index in [0.717, 1.165) is 30.8 Å². The average molecular weight is 367 g/mol. The molecule has 3 fully saturated rings. The van der Waals surface area contributed by atoms with E-state index in [1.165, 1.54) is 6.42 Å². The van der Waals surface area contributed by atoms with Crippen molar-refractivity contribution >= 4 is 35.1 Å². The molecular formula is C19H26O3S2. The Balaban J connectivity index is 1.82. The molecule has 0 radical (unpaired) electrons. The zero-order valence-electron chi connectivity index (χ0n) is 14.4. The normalized spacial score (nSPS) is 46.5. The highest BCUT2D eigenvalue weighted by atomic mass is 32.2. The van der Waals surface area contributed by atoms with Crippen molar-refractivity contribution < 1.29 is 14.7 Å². The Bertz CT molecular complexity index is 610. The van der Waals surface area contributed by atoms with E-state index in [1.807, 2.05) is 30.4 Å². The van der Waals surface area contributed by atoms with Gasteiger partial charge in [0.15, 0.2) is 5.78 Å². The van der Waals surface area contributed by atoms with Crippen LogP contribution in [0.5, 0.6) is 0 Å². The Morgan fingerprint density at radius 3 is 2.62 bits per heavy atom. The highest BCUT2D eigenvalue weighted by Gasteiger charge is 2.68. The number of Topliss-reactive ketones (excluding diaryl/α,β-unsaturated/α-hetero) is 2. The van der Waals surface area contributed by atoms with Gasteiger partial charge in [-0.25, -0.2) is 0 Å². The molecule has 0 spiro atoms. The summed E-state index contributed by atoms with van der Waals surface area (Å²) in [5, 5.41) is 10.6. The number of allylic oxidation sites excluding steroid dienone is 1. The number of carbonyl (C=O) groups is 2. The Hall–Kier alpha value is -0.260. The van der Waals surface area contributed by atoms with Crippen LogP contribution in [0.2, 0.25) is 0 Å². The first kappa shape index (κ1) is 17.2. The Kier molecular flexibility index (Phi) is 4.21.